The molecule has 0 bridgehead atoms. The van der Waals surface area contributed by atoms with Gasteiger partial charge in [0.05, 0.1) is 0 Å². The summed E-state index contributed by atoms with van der Waals surface area (Å²) in [6, 6.07) is 0. The molecule has 68 valence electrons. The van der Waals surface area contributed by atoms with Gasteiger partial charge in [-0.15, -0.1) is 0 Å². The van der Waals surface area contributed by atoms with E-state index in [2.05, 4.69) is 4.43 Å². The molecule has 0 atom stereocenters. The van der Waals surface area contributed by atoms with Crippen LogP contribution in [0.5, 0.6) is 0 Å². The molecule has 0 aliphatic heterocycles. The molecule has 0 saturated carbocycles. The Labute approximate surface area is 67.9 Å². The molecule has 0 saturated heterocycles. The number of hydrogen-bond donors (Lipinski definition) is 3. The zero-order chi connectivity index (χ0) is 9.12. The standard InChI is InChI=1S/C6H16O4Si/c1-6(2,3)4-5-10-11(7,8)9/h7-9H,4-5H2,1-3H3. The van der Waals surface area contributed by atoms with Crippen molar-refractivity contribution < 1.29 is 18.8 Å². The maximum atomic E-state index is 8.44. The van der Waals surface area contributed by atoms with Gasteiger partial charge in [0.25, 0.3) is 0 Å². The quantitative estimate of drug-likeness (QED) is 0.528. The molecule has 0 amide bonds. The van der Waals surface area contributed by atoms with Crippen LogP contribution in [0.25, 0.3) is 0 Å². The Bertz CT molecular complexity index is 98.7. The minimum Gasteiger partial charge on any atom is -0.368 e. The van der Waals surface area contributed by atoms with Gasteiger partial charge in [0.1, 0.15) is 0 Å². The lowest BCUT2D eigenvalue weighted by atomic mass is 9.93. The lowest BCUT2D eigenvalue weighted by Crippen LogP contribution is -2.39. The molecule has 0 rings (SSSR count). The SMILES string of the molecule is CC(C)(C)CCO[Si](O)(O)O. The first-order chi connectivity index (χ1) is 4.71. The smallest absolute Gasteiger partial charge is 0.368 e. The van der Waals surface area contributed by atoms with E-state index in [0.717, 1.165) is 0 Å². The molecule has 0 radical (unpaired) electrons. The van der Waals surface area contributed by atoms with Gasteiger partial charge in [0, 0.05) is 6.61 Å². The summed E-state index contributed by atoms with van der Waals surface area (Å²) in [6.45, 7) is 6.20. The normalized spacial score (nSPS) is 13.6. The summed E-state index contributed by atoms with van der Waals surface area (Å²) in [5.74, 6) is 0. The number of rotatable bonds is 3. The fourth-order valence-corrected chi connectivity index (χ4v) is 0.870. The number of hydrogen-bond acceptors (Lipinski definition) is 4. The van der Waals surface area contributed by atoms with Crippen LogP contribution in [0.4, 0.5) is 0 Å². The lowest BCUT2D eigenvalue weighted by molar-refractivity contribution is 0.0541. The van der Waals surface area contributed by atoms with Gasteiger partial charge in [-0.1, -0.05) is 20.8 Å². The van der Waals surface area contributed by atoms with Crippen molar-refractivity contribution in [2.45, 2.75) is 27.2 Å². The Kier molecular flexibility index (Phi) is 3.66. The van der Waals surface area contributed by atoms with Crippen molar-refractivity contribution in [1.82, 2.24) is 0 Å². The molecule has 0 aromatic heterocycles. The largest absolute Gasteiger partial charge is 0.671 e. The average molecular weight is 180 g/mol. The van der Waals surface area contributed by atoms with Crippen LogP contribution in [0.15, 0.2) is 0 Å². The molecule has 3 N–H and O–H groups in total. The fraction of sp³-hybridized carbons (Fsp3) is 1.00. The van der Waals surface area contributed by atoms with Gasteiger partial charge in [-0.05, 0) is 11.8 Å². The first kappa shape index (κ1) is 11.1. The molecule has 0 unspecified atom stereocenters. The first-order valence-corrected chi connectivity index (χ1v) is 5.27. The van der Waals surface area contributed by atoms with E-state index in [1.807, 2.05) is 20.8 Å². The minimum absolute atomic E-state index is 0.0830. The minimum atomic E-state index is -4.26. The molecule has 0 fully saturated rings. The Hall–Kier alpha value is 0.0569. The van der Waals surface area contributed by atoms with E-state index in [1.54, 1.807) is 0 Å². The van der Waals surface area contributed by atoms with E-state index in [-0.39, 0.29) is 12.0 Å². The summed E-state index contributed by atoms with van der Waals surface area (Å²) in [4.78, 5) is 25.3. The van der Waals surface area contributed by atoms with E-state index >= 15 is 0 Å². The van der Waals surface area contributed by atoms with Crippen LogP contribution in [0.2, 0.25) is 0 Å². The Morgan fingerprint density at radius 1 is 1.18 bits per heavy atom. The Morgan fingerprint density at radius 3 is 1.91 bits per heavy atom. The Balaban J connectivity index is 3.44. The molecular formula is C6H16O4Si. The second-order valence-corrected chi connectivity index (χ2v) is 5.17. The van der Waals surface area contributed by atoms with E-state index in [4.69, 9.17) is 14.4 Å². The molecule has 5 heteroatoms. The summed E-state index contributed by atoms with van der Waals surface area (Å²) in [5.41, 5.74) is 0.0830. The highest BCUT2D eigenvalue weighted by Gasteiger charge is 2.30. The molecular weight excluding hydrogens is 164 g/mol. The van der Waals surface area contributed by atoms with Crippen molar-refractivity contribution in [2.75, 3.05) is 6.61 Å². The van der Waals surface area contributed by atoms with Gasteiger partial charge >= 0.3 is 9.05 Å². The van der Waals surface area contributed by atoms with Crippen molar-refractivity contribution >= 4 is 9.05 Å². The summed E-state index contributed by atoms with van der Waals surface area (Å²) >= 11 is 0. The average Bonchev–Trinajstić information content (AvgIpc) is 1.55. The summed E-state index contributed by atoms with van der Waals surface area (Å²) in [6.07, 6.45) is 0.684. The molecule has 4 nitrogen and oxygen atoms in total. The van der Waals surface area contributed by atoms with Gasteiger partial charge < -0.3 is 18.8 Å². The van der Waals surface area contributed by atoms with Gasteiger partial charge in [0.15, 0.2) is 0 Å². The lowest BCUT2D eigenvalue weighted by Gasteiger charge is -2.18. The van der Waals surface area contributed by atoms with Crippen molar-refractivity contribution in [3.8, 4) is 0 Å². The summed E-state index contributed by atoms with van der Waals surface area (Å²) in [7, 11) is -4.26. The second-order valence-electron chi connectivity index (χ2n) is 3.73. The third-order valence-corrected chi connectivity index (χ3v) is 1.74. The van der Waals surface area contributed by atoms with Crippen LogP contribution >= 0.6 is 0 Å². The predicted octanol–water partition coefficient (Wildman–Crippen LogP) is -0.148. The third kappa shape index (κ3) is 10.1. The van der Waals surface area contributed by atoms with Crippen LogP contribution in [-0.2, 0) is 4.43 Å². The van der Waals surface area contributed by atoms with Crippen molar-refractivity contribution in [1.29, 1.82) is 0 Å². The van der Waals surface area contributed by atoms with Crippen LogP contribution in [0.3, 0.4) is 0 Å². The van der Waals surface area contributed by atoms with E-state index < -0.39 is 9.05 Å². The van der Waals surface area contributed by atoms with Crippen LogP contribution in [0.1, 0.15) is 27.2 Å². The van der Waals surface area contributed by atoms with Crippen molar-refractivity contribution in [3.63, 3.8) is 0 Å². The van der Waals surface area contributed by atoms with Gasteiger partial charge in [-0.2, -0.15) is 0 Å². The highest BCUT2D eigenvalue weighted by Crippen LogP contribution is 2.18. The zero-order valence-corrected chi connectivity index (χ0v) is 8.16. The molecule has 11 heavy (non-hydrogen) atoms. The van der Waals surface area contributed by atoms with E-state index in [1.165, 1.54) is 0 Å². The van der Waals surface area contributed by atoms with Crippen LogP contribution < -0.4 is 0 Å². The molecule has 0 aliphatic rings. The van der Waals surface area contributed by atoms with Gasteiger partial charge in [0.2, 0.25) is 0 Å². The van der Waals surface area contributed by atoms with E-state index in [9.17, 15) is 0 Å². The van der Waals surface area contributed by atoms with Gasteiger partial charge in [-0.3, -0.25) is 0 Å². The molecule has 0 spiro atoms. The van der Waals surface area contributed by atoms with Crippen LogP contribution in [0, 0.1) is 5.41 Å². The van der Waals surface area contributed by atoms with E-state index in [0.29, 0.717) is 6.42 Å². The highest BCUT2D eigenvalue weighted by molar-refractivity contribution is 6.48. The molecule has 0 heterocycles. The maximum absolute atomic E-state index is 8.44. The van der Waals surface area contributed by atoms with Gasteiger partial charge in [-0.25, -0.2) is 0 Å². The third-order valence-electron chi connectivity index (χ3n) is 1.15. The maximum Gasteiger partial charge on any atom is 0.671 e. The monoisotopic (exact) mass is 180 g/mol. The van der Waals surface area contributed by atoms with Crippen molar-refractivity contribution in [2.24, 2.45) is 5.41 Å². The summed E-state index contributed by atoms with van der Waals surface area (Å²) in [5, 5.41) is 0. The second kappa shape index (κ2) is 3.64. The highest BCUT2D eigenvalue weighted by atomic mass is 28.4. The van der Waals surface area contributed by atoms with Crippen molar-refractivity contribution in [3.05, 3.63) is 0 Å². The summed E-state index contributed by atoms with van der Waals surface area (Å²) < 4.78 is 4.41. The van der Waals surface area contributed by atoms with Crippen LogP contribution in [-0.4, -0.2) is 30.0 Å². The molecule has 0 aliphatic carbocycles. The Morgan fingerprint density at radius 2 is 1.64 bits per heavy atom. The first-order valence-electron chi connectivity index (χ1n) is 3.52. The zero-order valence-electron chi connectivity index (χ0n) is 7.16. The topological polar surface area (TPSA) is 69.9 Å². The predicted molar refractivity (Wildman–Crippen MR) is 42.4 cm³/mol. The molecule has 0 aromatic carbocycles. The fourth-order valence-electron chi connectivity index (χ4n) is 0.494. The molecule has 0 aromatic rings.